The summed E-state index contributed by atoms with van der Waals surface area (Å²) in [5, 5.41) is 9.57. The van der Waals surface area contributed by atoms with Crippen LogP contribution in [-0.2, 0) is 4.79 Å². The molecule has 0 aromatic carbocycles. The molecule has 2 saturated heterocycles. The highest BCUT2D eigenvalue weighted by Gasteiger charge is 2.25. The Labute approximate surface area is 105 Å². The van der Waals surface area contributed by atoms with Crippen molar-refractivity contribution in [1.82, 2.24) is 9.80 Å². The Hall–Kier alpha value is -0.750. The lowest BCUT2D eigenvalue weighted by molar-refractivity contribution is -0.134. The normalized spacial score (nSPS) is 25.5. The van der Waals surface area contributed by atoms with Crippen molar-refractivity contribution in [3.8, 4) is 0 Å². The monoisotopic (exact) mass is 258 g/mol. The number of amides is 2. The van der Waals surface area contributed by atoms with E-state index in [1.165, 1.54) is 11.8 Å². The van der Waals surface area contributed by atoms with Crippen molar-refractivity contribution in [2.24, 2.45) is 0 Å². The van der Waals surface area contributed by atoms with Crippen molar-refractivity contribution in [2.75, 3.05) is 31.9 Å². The molecule has 2 rings (SSSR count). The van der Waals surface area contributed by atoms with Crippen LogP contribution < -0.4 is 0 Å². The standard InChI is InChI=1S/C11H18N2O3S/c14-9-2-1-4-13(8-9)10(15)3-5-12-6-7-17-11(12)16/h9,14H,1-8H2/t9-/m0/s1. The molecule has 2 amide bonds. The first kappa shape index (κ1) is 12.7. The molecular weight excluding hydrogens is 240 g/mol. The van der Waals surface area contributed by atoms with Crippen LogP contribution in [0.15, 0.2) is 0 Å². The number of aliphatic hydroxyl groups excluding tert-OH is 1. The summed E-state index contributed by atoms with van der Waals surface area (Å²) in [4.78, 5) is 26.7. The number of rotatable bonds is 3. The number of carbonyl (C=O) groups is 2. The zero-order chi connectivity index (χ0) is 12.3. The van der Waals surface area contributed by atoms with Gasteiger partial charge in [0.15, 0.2) is 0 Å². The Morgan fingerprint density at radius 1 is 1.47 bits per heavy atom. The maximum absolute atomic E-state index is 11.9. The van der Waals surface area contributed by atoms with Crippen molar-refractivity contribution in [3.05, 3.63) is 0 Å². The molecule has 0 unspecified atom stereocenters. The second-order valence-electron chi connectivity index (χ2n) is 4.49. The van der Waals surface area contributed by atoms with Gasteiger partial charge in [0.2, 0.25) is 5.91 Å². The fourth-order valence-corrected chi connectivity index (χ4v) is 3.05. The zero-order valence-corrected chi connectivity index (χ0v) is 10.6. The molecule has 2 aliphatic rings. The van der Waals surface area contributed by atoms with Gasteiger partial charge >= 0.3 is 0 Å². The summed E-state index contributed by atoms with van der Waals surface area (Å²) in [5.41, 5.74) is 0. The Morgan fingerprint density at radius 2 is 2.29 bits per heavy atom. The number of carbonyl (C=O) groups excluding carboxylic acids is 2. The molecule has 0 aliphatic carbocycles. The van der Waals surface area contributed by atoms with Gasteiger partial charge in [-0.1, -0.05) is 11.8 Å². The molecule has 0 radical (unpaired) electrons. The van der Waals surface area contributed by atoms with Gasteiger partial charge < -0.3 is 14.9 Å². The molecular formula is C11H18N2O3S. The summed E-state index contributed by atoms with van der Waals surface area (Å²) in [6.07, 6.45) is 1.65. The first-order valence-corrected chi connectivity index (χ1v) is 7.03. The van der Waals surface area contributed by atoms with E-state index in [1.807, 2.05) is 0 Å². The van der Waals surface area contributed by atoms with E-state index in [-0.39, 0.29) is 17.3 Å². The predicted molar refractivity (Wildman–Crippen MR) is 65.9 cm³/mol. The molecule has 0 saturated carbocycles. The van der Waals surface area contributed by atoms with Gasteiger partial charge in [-0.05, 0) is 12.8 Å². The molecule has 0 spiro atoms. The topological polar surface area (TPSA) is 60.9 Å². The van der Waals surface area contributed by atoms with E-state index < -0.39 is 0 Å². The highest BCUT2D eigenvalue weighted by Crippen LogP contribution is 2.18. The van der Waals surface area contributed by atoms with Crippen LogP contribution in [-0.4, -0.2) is 64.1 Å². The zero-order valence-electron chi connectivity index (χ0n) is 9.80. The van der Waals surface area contributed by atoms with Gasteiger partial charge in [0.1, 0.15) is 0 Å². The molecule has 2 heterocycles. The molecule has 0 aromatic rings. The third kappa shape index (κ3) is 3.35. The Kier molecular flexibility index (Phi) is 4.28. The van der Waals surface area contributed by atoms with Crippen LogP contribution in [0.3, 0.4) is 0 Å². The average Bonchev–Trinajstić information content (AvgIpc) is 2.72. The maximum atomic E-state index is 11.9. The number of hydrogen-bond acceptors (Lipinski definition) is 4. The highest BCUT2D eigenvalue weighted by molar-refractivity contribution is 8.13. The van der Waals surface area contributed by atoms with Gasteiger partial charge in [0, 0.05) is 38.4 Å². The van der Waals surface area contributed by atoms with Crippen LogP contribution >= 0.6 is 11.8 Å². The smallest absolute Gasteiger partial charge is 0.281 e. The van der Waals surface area contributed by atoms with Gasteiger partial charge in [0.05, 0.1) is 6.10 Å². The first-order valence-electron chi connectivity index (χ1n) is 6.04. The molecule has 2 fully saturated rings. The van der Waals surface area contributed by atoms with Gasteiger partial charge in [-0.15, -0.1) is 0 Å². The molecule has 2 aliphatic heterocycles. The van der Waals surface area contributed by atoms with E-state index in [2.05, 4.69) is 0 Å². The third-order valence-electron chi connectivity index (χ3n) is 3.19. The van der Waals surface area contributed by atoms with Gasteiger partial charge in [-0.2, -0.15) is 0 Å². The SMILES string of the molecule is O=C(CCN1CCSC1=O)N1CCC[C@H](O)C1. The van der Waals surface area contributed by atoms with Crippen LogP contribution in [0, 0.1) is 0 Å². The average molecular weight is 258 g/mol. The molecule has 1 atom stereocenters. The van der Waals surface area contributed by atoms with Crippen LogP contribution in [0.4, 0.5) is 4.79 Å². The number of aliphatic hydroxyl groups is 1. The second-order valence-corrected chi connectivity index (χ2v) is 5.53. The Balaban J connectivity index is 1.74. The number of nitrogens with zero attached hydrogens (tertiary/aromatic N) is 2. The van der Waals surface area contributed by atoms with E-state index in [0.717, 1.165) is 31.7 Å². The van der Waals surface area contributed by atoms with E-state index in [4.69, 9.17) is 0 Å². The molecule has 6 heteroatoms. The maximum Gasteiger partial charge on any atom is 0.281 e. The lowest BCUT2D eigenvalue weighted by Crippen LogP contribution is -2.43. The van der Waals surface area contributed by atoms with Crippen LogP contribution in [0.2, 0.25) is 0 Å². The fraction of sp³-hybridized carbons (Fsp3) is 0.818. The van der Waals surface area contributed by atoms with Gasteiger partial charge in [0.25, 0.3) is 5.24 Å². The van der Waals surface area contributed by atoms with Crippen molar-refractivity contribution >= 4 is 22.9 Å². The second kappa shape index (κ2) is 5.73. The number of piperidine rings is 1. The van der Waals surface area contributed by atoms with Crippen molar-refractivity contribution < 1.29 is 14.7 Å². The predicted octanol–water partition coefficient (Wildman–Crippen LogP) is 0.529. The van der Waals surface area contributed by atoms with Gasteiger partial charge in [-0.25, -0.2) is 0 Å². The molecule has 17 heavy (non-hydrogen) atoms. The van der Waals surface area contributed by atoms with Crippen molar-refractivity contribution in [2.45, 2.75) is 25.4 Å². The quantitative estimate of drug-likeness (QED) is 0.802. The summed E-state index contributed by atoms with van der Waals surface area (Å²) < 4.78 is 0. The molecule has 1 N–H and O–H groups in total. The largest absolute Gasteiger partial charge is 0.391 e. The van der Waals surface area contributed by atoms with Crippen LogP contribution in [0.25, 0.3) is 0 Å². The Morgan fingerprint density at radius 3 is 2.94 bits per heavy atom. The summed E-state index contributed by atoms with van der Waals surface area (Å²) in [7, 11) is 0. The van der Waals surface area contributed by atoms with Crippen molar-refractivity contribution in [3.63, 3.8) is 0 Å². The summed E-state index contributed by atoms with van der Waals surface area (Å²) in [6, 6.07) is 0. The van der Waals surface area contributed by atoms with Crippen molar-refractivity contribution in [1.29, 1.82) is 0 Å². The van der Waals surface area contributed by atoms with Crippen LogP contribution in [0.1, 0.15) is 19.3 Å². The van der Waals surface area contributed by atoms with E-state index in [0.29, 0.717) is 19.5 Å². The minimum Gasteiger partial charge on any atom is -0.391 e. The minimum absolute atomic E-state index is 0.0495. The number of β-amino-alcohol motifs (C(OH)–C–C–N with tert-alkyl or cyclic N) is 1. The summed E-state index contributed by atoms with van der Waals surface area (Å²) in [6.45, 7) is 2.44. The van der Waals surface area contributed by atoms with E-state index >= 15 is 0 Å². The Bertz CT molecular complexity index is 311. The molecule has 96 valence electrons. The summed E-state index contributed by atoms with van der Waals surface area (Å²) in [5.74, 6) is 0.878. The summed E-state index contributed by atoms with van der Waals surface area (Å²) >= 11 is 1.32. The lowest BCUT2D eigenvalue weighted by atomic mass is 10.1. The molecule has 5 nitrogen and oxygen atoms in total. The molecule has 0 bridgehead atoms. The first-order chi connectivity index (χ1) is 8.16. The number of likely N-dealkylation sites (tertiary alicyclic amines) is 1. The fourth-order valence-electron chi connectivity index (χ4n) is 2.20. The van der Waals surface area contributed by atoms with E-state index in [1.54, 1.807) is 9.80 Å². The molecule has 0 aromatic heterocycles. The minimum atomic E-state index is -0.378. The highest BCUT2D eigenvalue weighted by atomic mass is 32.2. The number of hydrogen-bond donors (Lipinski definition) is 1. The lowest BCUT2D eigenvalue weighted by Gasteiger charge is -2.30. The van der Waals surface area contributed by atoms with Gasteiger partial charge in [-0.3, -0.25) is 9.59 Å². The number of thioether (sulfide) groups is 1. The van der Waals surface area contributed by atoms with E-state index in [9.17, 15) is 14.7 Å². The van der Waals surface area contributed by atoms with Crippen LogP contribution in [0.5, 0.6) is 0 Å². The third-order valence-corrected chi connectivity index (χ3v) is 4.08.